The molecule has 0 aliphatic carbocycles. The summed E-state index contributed by atoms with van der Waals surface area (Å²) in [4.78, 5) is 15.3. The normalized spacial score (nSPS) is 14.9. The molecular weight excluding hydrogens is 184 g/mol. The summed E-state index contributed by atoms with van der Waals surface area (Å²) in [5.74, 6) is -0.0281. The van der Waals surface area contributed by atoms with E-state index in [0.717, 1.165) is 0 Å². The first-order chi connectivity index (χ1) is 6.50. The summed E-state index contributed by atoms with van der Waals surface area (Å²) in [5.41, 5.74) is 5.57. The third kappa shape index (κ3) is 2.53. The van der Waals surface area contributed by atoms with Gasteiger partial charge in [0.2, 0.25) is 5.91 Å². The predicted octanol–water partition coefficient (Wildman–Crippen LogP) is 0.300. The standard InChI is InChI=1S/C8H14N4O2/c1-4(5(2)9)7(13)11-8-10-6(3)12-14-8/h4-5H,9H2,1-3H3,(H,10,11,12,13). The van der Waals surface area contributed by atoms with Crippen molar-refractivity contribution in [1.82, 2.24) is 10.1 Å². The van der Waals surface area contributed by atoms with Crippen molar-refractivity contribution in [3.05, 3.63) is 5.82 Å². The van der Waals surface area contributed by atoms with E-state index in [1.165, 1.54) is 0 Å². The van der Waals surface area contributed by atoms with Crippen LogP contribution in [0.1, 0.15) is 19.7 Å². The zero-order valence-electron chi connectivity index (χ0n) is 8.44. The highest BCUT2D eigenvalue weighted by molar-refractivity contribution is 5.90. The number of rotatable bonds is 3. The molecule has 1 aromatic heterocycles. The lowest BCUT2D eigenvalue weighted by atomic mass is 10.0. The Morgan fingerprint density at radius 3 is 2.64 bits per heavy atom. The Morgan fingerprint density at radius 1 is 1.57 bits per heavy atom. The van der Waals surface area contributed by atoms with Crippen molar-refractivity contribution in [3.63, 3.8) is 0 Å². The van der Waals surface area contributed by atoms with Crippen LogP contribution in [-0.4, -0.2) is 22.1 Å². The van der Waals surface area contributed by atoms with E-state index in [1.807, 2.05) is 0 Å². The van der Waals surface area contributed by atoms with Gasteiger partial charge < -0.3 is 10.3 Å². The Hall–Kier alpha value is -1.43. The molecule has 0 aliphatic heterocycles. The van der Waals surface area contributed by atoms with E-state index in [0.29, 0.717) is 5.82 Å². The summed E-state index contributed by atoms with van der Waals surface area (Å²) in [5, 5.41) is 6.03. The molecule has 0 bridgehead atoms. The highest BCUT2D eigenvalue weighted by atomic mass is 16.5. The lowest BCUT2D eigenvalue weighted by Gasteiger charge is -2.12. The monoisotopic (exact) mass is 198 g/mol. The van der Waals surface area contributed by atoms with Gasteiger partial charge in [0.05, 0.1) is 5.92 Å². The quantitative estimate of drug-likeness (QED) is 0.728. The van der Waals surface area contributed by atoms with E-state index < -0.39 is 0 Å². The number of hydrogen-bond acceptors (Lipinski definition) is 5. The molecule has 2 atom stereocenters. The minimum Gasteiger partial charge on any atom is -0.327 e. The molecule has 0 radical (unpaired) electrons. The van der Waals surface area contributed by atoms with Crippen molar-refractivity contribution in [1.29, 1.82) is 0 Å². The van der Waals surface area contributed by atoms with Crippen LogP contribution in [0.25, 0.3) is 0 Å². The van der Waals surface area contributed by atoms with Gasteiger partial charge in [-0.3, -0.25) is 10.1 Å². The number of anilines is 1. The van der Waals surface area contributed by atoms with E-state index in [4.69, 9.17) is 10.3 Å². The summed E-state index contributed by atoms with van der Waals surface area (Å²) in [7, 11) is 0. The Bertz CT molecular complexity index is 321. The van der Waals surface area contributed by atoms with Crippen molar-refractivity contribution in [2.24, 2.45) is 11.7 Å². The van der Waals surface area contributed by atoms with Crippen LogP contribution in [-0.2, 0) is 4.79 Å². The first-order valence-electron chi connectivity index (χ1n) is 4.37. The first-order valence-corrected chi connectivity index (χ1v) is 4.37. The van der Waals surface area contributed by atoms with Crippen molar-refractivity contribution in [3.8, 4) is 0 Å². The van der Waals surface area contributed by atoms with Gasteiger partial charge in [-0.15, -0.1) is 0 Å². The fourth-order valence-electron chi connectivity index (χ4n) is 0.806. The maximum atomic E-state index is 11.4. The fraction of sp³-hybridized carbons (Fsp3) is 0.625. The van der Waals surface area contributed by atoms with Crippen LogP contribution in [0.4, 0.5) is 6.01 Å². The SMILES string of the molecule is Cc1noc(NC(=O)C(C)C(C)N)n1. The number of nitrogens with zero attached hydrogens (tertiary/aromatic N) is 2. The molecule has 0 spiro atoms. The van der Waals surface area contributed by atoms with E-state index in [-0.39, 0.29) is 23.9 Å². The zero-order chi connectivity index (χ0) is 10.7. The molecule has 1 amide bonds. The highest BCUT2D eigenvalue weighted by Gasteiger charge is 2.18. The molecule has 78 valence electrons. The molecule has 0 aliphatic rings. The van der Waals surface area contributed by atoms with Gasteiger partial charge in [0.25, 0.3) is 0 Å². The van der Waals surface area contributed by atoms with Crippen molar-refractivity contribution in [2.75, 3.05) is 5.32 Å². The number of carbonyl (C=O) groups is 1. The minimum atomic E-state index is -0.290. The average Bonchev–Trinajstić information content (AvgIpc) is 2.49. The summed E-state index contributed by atoms with van der Waals surface area (Å²) < 4.78 is 4.73. The van der Waals surface area contributed by atoms with Gasteiger partial charge in [-0.05, 0) is 13.8 Å². The molecule has 1 aromatic rings. The summed E-state index contributed by atoms with van der Waals surface area (Å²) in [6.07, 6.45) is 0. The van der Waals surface area contributed by atoms with Crippen molar-refractivity contribution >= 4 is 11.9 Å². The molecule has 0 aromatic carbocycles. The van der Waals surface area contributed by atoms with E-state index in [2.05, 4.69) is 15.5 Å². The Balaban J connectivity index is 2.57. The van der Waals surface area contributed by atoms with Gasteiger partial charge in [0.1, 0.15) is 0 Å². The number of carbonyl (C=O) groups excluding carboxylic acids is 1. The van der Waals surface area contributed by atoms with Crippen LogP contribution in [0.3, 0.4) is 0 Å². The number of hydrogen-bond donors (Lipinski definition) is 2. The van der Waals surface area contributed by atoms with Crippen molar-refractivity contribution < 1.29 is 9.32 Å². The predicted molar refractivity (Wildman–Crippen MR) is 50.5 cm³/mol. The van der Waals surface area contributed by atoms with E-state index in [9.17, 15) is 4.79 Å². The zero-order valence-corrected chi connectivity index (χ0v) is 8.44. The maximum absolute atomic E-state index is 11.4. The van der Waals surface area contributed by atoms with Gasteiger partial charge in [0.15, 0.2) is 5.82 Å². The highest BCUT2D eigenvalue weighted by Crippen LogP contribution is 2.07. The Kier molecular flexibility index (Phi) is 3.19. The number of nitrogens with one attached hydrogen (secondary N) is 1. The van der Waals surface area contributed by atoms with Crippen LogP contribution in [0, 0.1) is 12.8 Å². The number of nitrogens with two attached hydrogens (primary N) is 1. The second-order valence-corrected chi connectivity index (χ2v) is 3.28. The molecule has 0 fully saturated rings. The lowest BCUT2D eigenvalue weighted by molar-refractivity contribution is -0.119. The molecule has 0 saturated heterocycles. The molecular formula is C8H14N4O2. The number of amides is 1. The van der Waals surface area contributed by atoms with Gasteiger partial charge in [-0.2, -0.15) is 4.98 Å². The fourth-order valence-corrected chi connectivity index (χ4v) is 0.806. The van der Waals surface area contributed by atoms with Crippen LogP contribution in [0.2, 0.25) is 0 Å². The topological polar surface area (TPSA) is 94.0 Å². The largest absolute Gasteiger partial charge is 0.328 e. The molecule has 1 rings (SSSR count). The Labute approximate surface area is 81.9 Å². The first kappa shape index (κ1) is 10.6. The Morgan fingerprint density at radius 2 is 2.21 bits per heavy atom. The van der Waals surface area contributed by atoms with Gasteiger partial charge in [0, 0.05) is 6.04 Å². The summed E-state index contributed by atoms with van der Waals surface area (Å²) in [6, 6.07) is -0.0981. The van der Waals surface area contributed by atoms with Crippen LogP contribution < -0.4 is 11.1 Å². The molecule has 2 unspecified atom stereocenters. The van der Waals surface area contributed by atoms with Gasteiger partial charge in [-0.25, -0.2) is 0 Å². The number of aromatic nitrogens is 2. The smallest absolute Gasteiger partial charge is 0.327 e. The second-order valence-electron chi connectivity index (χ2n) is 3.28. The average molecular weight is 198 g/mol. The molecule has 3 N–H and O–H groups in total. The van der Waals surface area contributed by atoms with Crippen molar-refractivity contribution in [2.45, 2.75) is 26.8 Å². The van der Waals surface area contributed by atoms with Crippen LogP contribution in [0.5, 0.6) is 0 Å². The third-order valence-corrected chi connectivity index (χ3v) is 1.96. The van der Waals surface area contributed by atoms with Crippen LogP contribution >= 0.6 is 0 Å². The van der Waals surface area contributed by atoms with Crippen LogP contribution in [0.15, 0.2) is 4.52 Å². The maximum Gasteiger partial charge on any atom is 0.328 e. The second kappa shape index (κ2) is 4.19. The van der Waals surface area contributed by atoms with Gasteiger partial charge in [-0.1, -0.05) is 12.1 Å². The van der Waals surface area contributed by atoms with E-state index >= 15 is 0 Å². The molecule has 6 heteroatoms. The third-order valence-electron chi connectivity index (χ3n) is 1.96. The van der Waals surface area contributed by atoms with E-state index in [1.54, 1.807) is 20.8 Å². The molecule has 14 heavy (non-hydrogen) atoms. The van der Waals surface area contributed by atoms with Gasteiger partial charge >= 0.3 is 6.01 Å². The summed E-state index contributed by atoms with van der Waals surface area (Å²) >= 11 is 0. The molecule has 1 heterocycles. The minimum absolute atomic E-state index is 0.111. The molecule has 6 nitrogen and oxygen atoms in total. The lowest BCUT2D eigenvalue weighted by Crippen LogP contribution is -2.34. The molecule has 0 saturated carbocycles. The number of aryl methyl sites for hydroxylation is 1. The summed E-state index contributed by atoms with van der Waals surface area (Å²) in [6.45, 7) is 5.18.